The van der Waals surface area contributed by atoms with Gasteiger partial charge in [-0.05, 0) is 46.1 Å². The SMILES string of the molecule is CC(C)(C)Oc1ccccc1CN=C(N)N1CCCCC1.I. The molecule has 0 aliphatic carbocycles. The maximum absolute atomic E-state index is 6.11. The van der Waals surface area contributed by atoms with Crippen LogP contribution in [0.5, 0.6) is 5.75 Å². The minimum atomic E-state index is -0.210. The molecule has 2 N–H and O–H groups in total. The largest absolute Gasteiger partial charge is 0.488 e. The predicted octanol–water partition coefficient (Wildman–Crippen LogP) is 3.78. The van der Waals surface area contributed by atoms with Gasteiger partial charge < -0.3 is 15.4 Å². The van der Waals surface area contributed by atoms with Crippen molar-refractivity contribution in [1.82, 2.24) is 4.90 Å². The molecule has 0 unspecified atom stereocenters. The van der Waals surface area contributed by atoms with E-state index in [0.29, 0.717) is 12.5 Å². The van der Waals surface area contributed by atoms with Gasteiger partial charge in [-0.15, -0.1) is 24.0 Å². The molecule has 0 bridgehead atoms. The number of guanidine groups is 1. The number of likely N-dealkylation sites (tertiary alicyclic amines) is 1. The van der Waals surface area contributed by atoms with E-state index in [1.807, 2.05) is 24.3 Å². The van der Waals surface area contributed by atoms with Crippen molar-refractivity contribution in [2.75, 3.05) is 13.1 Å². The Morgan fingerprint density at radius 1 is 1.18 bits per heavy atom. The number of halogens is 1. The number of hydrogen-bond acceptors (Lipinski definition) is 2. The monoisotopic (exact) mass is 417 g/mol. The van der Waals surface area contributed by atoms with Crippen LogP contribution in [0.2, 0.25) is 0 Å². The zero-order chi connectivity index (χ0) is 15.3. The van der Waals surface area contributed by atoms with Crippen molar-refractivity contribution in [3.63, 3.8) is 0 Å². The van der Waals surface area contributed by atoms with E-state index in [4.69, 9.17) is 10.5 Å². The standard InChI is InChI=1S/C17H27N3O.HI/c1-17(2,3)21-15-10-6-5-9-14(15)13-19-16(18)20-11-7-4-8-12-20;/h5-6,9-10H,4,7-8,11-13H2,1-3H3,(H2,18,19);1H. The molecule has 0 radical (unpaired) electrons. The Balaban J connectivity index is 0.00000242. The number of ether oxygens (including phenoxy) is 1. The molecule has 1 saturated heterocycles. The van der Waals surface area contributed by atoms with Crippen LogP contribution in [-0.4, -0.2) is 29.6 Å². The first kappa shape index (κ1) is 19.1. The number of nitrogens with two attached hydrogens (primary N) is 1. The number of hydrogen-bond donors (Lipinski definition) is 1. The fourth-order valence-electron chi connectivity index (χ4n) is 2.45. The van der Waals surface area contributed by atoms with E-state index in [9.17, 15) is 0 Å². The lowest BCUT2D eigenvalue weighted by molar-refractivity contribution is 0.129. The van der Waals surface area contributed by atoms with Gasteiger partial charge in [-0.25, -0.2) is 4.99 Å². The molecule has 0 spiro atoms. The molecule has 0 saturated carbocycles. The van der Waals surface area contributed by atoms with Crippen LogP contribution in [0.25, 0.3) is 0 Å². The van der Waals surface area contributed by atoms with Gasteiger partial charge in [0.25, 0.3) is 0 Å². The van der Waals surface area contributed by atoms with E-state index < -0.39 is 0 Å². The van der Waals surface area contributed by atoms with Gasteiger partial charge in [0.2, 0.25) is 0 Å². The lowest BCUT2D eigenvalue weighted by Gasteiger charge is -2.27. The van der Waals surface area contributed by atoms with E-state index in [1.54, 1.807) is 0 Å². The molecule has 4 nitrogen and oxygen atoms in total. The normalized spacial score (nSPS) is 16.1. The fraction of sp³-hybridized carbons (Fsp3) is 0.588. The fourth-order valence-corrected chi connectivity index (χ4v) is 2.45. The molecule has 1 heterocycles. The molecule has 1 fully saturated rings. The van der Waals surface area contributed by atoms with Gasteiger partial charge >= 0.3 is 0 Å². The highest BCUT2D eigenvalue weighted by molar-refractivity contribution is 14.0. The molecule has 5 heteroatoms. The van der Waals surface area contributed by atoms with Crippen LogP contribution in [0.1, 0.15) is 45.6 Å². The number of nitrogens with zero attached hydrogens (tertiary/aromatic N) is 2. The molecule has 22 heavy (non-hydrogen) atoms. The second-order valence-electron chi connectivity index (χ2n) is 6.54. The molecule has 1 aliphatic rings. The minimum absolute atomic E-state index is 0. The summed E-state index contributed by atoms with van der Waals surface area (Å²) >= 11 is 0. The summed E-state index contributed by atoms with van der Waals surface area (Å²) in [5.74, 6) is 1.54. The van der Waals surface area contributed by atoms with Gasteiger partial charge in [0, 0.05) is 18.7 Å². The Hall–Kier alpha value is -0.980. The van der Waals surface area contributed by atoms with E-state index in [0.717, 1.165) is 24.4 Å². The summed E-state index contributed by atoms with van der Waals surface area (Å²) in [6.45, 7) is 8.76. The molecule has 0 aromatic heterocycles. The Morgan fingerprint density at radius 2 is 1.82 bits per heavy atom. The van der Waals surface area contributed by atoms with Crippen molar-refractivity contribution in [2.24, 2.45) is 10.7 Å². The summed E-state index contributed by atoms with van der Waals surface area (Å²) in [5.41, 5.74) is 6.97. The minimum Gasteiger partial charge on any atom is -0.488 e. The van der Waals surface area contributed by atoms with Crippen molar-refractivity contribution in [2.45, 2.75) is 52.2 Å². The molecule has 1 aliphatic heterocycles. The van der Waals surface area contributed by atoms with Gasteiger partial charge in [0.15, 0.2) is 5.96 Å². The molecule has 124 valence electrons. The number of rotatable bonds is 3. The summed E-state index contributed by atoms with van der Waals surface area (Å²) in [7, 11) is 0. The quantitative estimate of drug-likeness (QED) is 0.463. The van der Waals surface area contributed by atoms with Crippen molar-refractivity contribution in [3.05, 3.63) is 29.8 Å². The van der Waals surface area contributed by atoms with Crippen LogP contribution in [0.3, 0.4) is 0 Å². The highest BCUT2D eigenvalue weighted by Gasteiger charge is 2.15. The van der Waals surface area contributed by atoms with E-state index >= 15 is 0 Å². The van der Waals surface area contributed by atoms with Crippen LogP contribution in [0.15, 0.2) is 29.3 Å². The van der Waals surface area contributed by atoms with Crippen molar-refractivity contribution < 1.29 is 4.74 Å². The molecule has 2 rings (SSSR count). The lowest BCUT2D eigenvalue weighted by atomic mass is 10.1. The molecule has 1 aromatic rings. The van der Waals surface area contributed by atoms with Gasteiger partial charge in [-0.2, -0.15) is 0 Å². The molecular formula is C17H28IN3O. The average molecular weight is 417 g/mol. The van der Waals surface area contributed by atoms with Crippen molar-refractivity contribution >= 4 is 29.9 Å². The first-order valence-corrected chi connectivity index (χ1v) is 7.77. The van der Waals surface area contributed by atoms with Crippen LogP contribution in [0, 0.1) is 0 Å². The summed E-state index contributed by atoms with van der Waals surface area (Å²) in [6, 6.07) is 8.04. The second-order valence-corrected chi connectivity index (χ2v) is 6.54. The van der Waals surface area contributed by atoms with E-state index in [2.05, 4.69) is 30.7 Å². The third-order valence-electron chi connectivity index (χ3n) is 3.48. The zero-order valence-corrected chi connectivity index (χ0v) is 16.2. The Kier molecular flexibility index (Phi) is 7.45. The van der Waals surface area contributed by atoms with Gasteiger partial charge in [0.1, 0.15) is 11.4 Å². The van der Waals surface area contributed by atoms with Crippen LogP contribution < -0.4 is 10.5 Å². The van der Waals surface area contributed by atoms with Gasteiger partial charge in [-0.1, -0.05) is 18.2 Å². The van der Waals surface area contributed by atoms with Crippen molar-refractivity contribution in [3.8, 4) is 5.75 Å². The number of aliphatic imine (C=N–C) groups is 1. The maximum Gasteiger partial charge on any atom is 0.191 e. The first-order valence-electron chi connectivity index (χ1n) is 7.77. The van der Waals surface area contributed by atoms with Crippen LogP contribution >= 0.6 is 24.0 Å². The molecule has 1 aromatic carbocycles. The highest BCUT2D eigenvalue weighted by Crippen LogP contribution is 2.23. The predicted molar refractivity (Wildman–Crippen MR) is 103 cm³/mol. The Bertz CT molecular complexity index is 491. The highest BCUT2D eigenvalue weighted by atomic mass is 127. The van der Waals surface area contributed by atoms with Crippen LogP contribution in [0.4, 0.5) is 0 Å². The third kappa shape index (κ3) is 6.02. The lowest BCUT2D eigenvalue weighted by Crippen LogP contribution is -2.40. The summed E-state index contributed by atoms with van der Waals surface area (Å²) in [6.07, 6.45) is 3.71. The summed E-state index contributed by atoms with van der Waals surface area (Å²) in [5, 5.41) is 0. The Morgan fingerprint density at radius 3 is 2.45 bits per heavy atom. The first-order chi connectivity index (χ1) is 9.96. The number of piperidine rings is 1. The van der Waals surface area contributed by atoms with E-state index in [1.165, 1.54) is 19.3 Å². The number of benzene rings is 1. The molecule has 0 atom stereocenters. The maximum atomic E-state index is 6.11. The van der Waals surface area contributed by atoms with Gasteiger partial charge in [-0.3, -0.25) is 0 Å². The summed E-state index contributed by atoms with van der Waals surface area (Å²) < 4.78 is 5.99. The summed E-state index contributed by atoms with van der Waals surface area (Å²) in [4.78, 5) is 6.73. The van der Waals surface area contributed by atoms with Crippen molar-refractivity contribution in [1.29, 1.82) is 0 Å². The topological polar surface area (TPSA) is 50.9 Å². The Labute approximate surface area is 151 Å². The van der Waals surface area contributed by atoms with Gasteiger partial charge in [0.05, 0.1) is 6.54 Å². The molecular weight excluding hydrogens is 389 g/mol. The zero-order valence-electron chi connectivity index (χ0n) is 13.8. The third-order valence-corrected chi connectivity index (χ3v) is 3.48. The smallest absolute Gasteiger partial charge is 0.191 e. The molecule has 0 amide bonds. The van der Waals surface area contributed by atoms with E-state index in [-0.39, 0.29) is 29.6 Å². The van der Waals surface area contributed by atoms with Crippen LogP contribution in [-0.2, 0) is 6.54 Å². The second kappa shape index (κ2) is 8.60. The number of para-hydroxylation sites is 1. The average Bonchev–Trinajstić information content (AvgIpc) is 2.45.